The van der Waals surface area contributed by atoms with Crippen LogP contribution >= 0.6 is 0 Å². The van der Waals surface area contributed by atoms with Crippen LogP contribution in [0.2, 0.25) is 0 Å². The zero-order valence-electron chi connectivity index (χ0n) is 15.1. The van der Waals surface area contributed by atoms with E-state index < -0.39 is 5.60 Å². The van der Waals surface area contributed by atoms with E-state index in [2.05, 4.69) is 9.88 Å². The Morgan fingerprint density at radius 1 is 1.24 bits per heavy atom. The summed E-state index contributed by atoms with van der Waals surface area (Å²) >= 11 is 0. The quantitative estimate of drug-likeness (QED) is 0.860. The Labute approximate surface area is 146 Å². The molecule has 25 heavy (non-hydrogen) atoms. The summed E-state index contributed by atoms with van der Waals surface area (Å²) in [7, 11) is 1.78. The molecule has 0 radical (unpaired) electrons. The molecule has 1 amide bonds. The summed E-state index contributed by atoms with van der Waals surface area (Å²) < 4.78 is 7.18. The Morgan fingerprint density at radius 3 is 2.64 bits per heavy atom. The molecule has 2 aliphatic rings. The van der Waals surface area contributed by atoms with E-state index in [1.54, 1.807) is 11.6 Å². The summed E-state index contributed by atoms with van der Waals surface area (Å²) in [4.78, 5) is 31.4. The molecule has 1 N–H and O–H groups in total. The van der Waals surface area contributed by atoms with Crippen molar-refractivity contribution >= 4 is 22.8 Å². The molecule has 3 heterocycles. The normalized spacial score (nSPS) is 22.9. The van der Waals surface area contributed by atoms with Crippen molar-refractivity contribution in [3.05, 3.63) is 28.7 Å². The van der Waals surface area contributed by atoms with Gasteiger partial charge in [-0.05, 0) is 39.3 Å². The molecule has 0 spiro atoms. The molecule has 2 fully saturated rings. The molecule has 2 bridgehead atoms. The Balaban J connectivity index is 1.59. The smallest absolute Gasteiger partial charge is 0.410 e. The number of imidazole rings is 1. The highest BCUT2D eigenvalue weighted by Crippen LogP contribution is 2.37. The molecule has 2 aliphatic heterocycles. The van der Waals surface area contributed by atoms with Gasteiger partial charge in [-0.2, -0.15) is 0 Å². The van der Waals surface area contributed by atoms with Crippen LogP contribution in [0.25, 0.3) is 11.0 Å². The van der Waals surface area contributed by atoms with Gasteiger partial charge in [0.15, 0.2) is 0 Å². The Hall–Kier alpha value is -2.44. The van der Waals surface area contributed by atoms with Crippen molar-refractivity contribution in [3.8, 4) is 0 Å². The lowest BCUT2D eigenvalue weighted by atomic mass is 10.2. The number of nitrogens with one attached hydrogen (secondary N) is 1. The van der Waals surface area contributed by atoms with E-state index in [9.17, 15) is 9.59 Å². The number of benzene rings is 1. The summed E-state index contributed by atoms with van der Waals surface area (Å²) in [6, 6.07) is 6.35. The number of hydrogen-bond donors (Lipinski definition) is 1. The summed E-state index contributed by atoms with van der Waals surface area (Å²) in [5.74, 6) is 0. The Morgan fingerprint density at radius 2 is 2.00 bits per heavy atom. The van der Waals surface area contributed by atoms with E-state index in [1.165, 1.54) is 0 Å². The molecular formula is C18H24N4O3. The number of fused-ring (bicyclic) bond motifs is 3. The molecule has 134 valence electrons. The number of ether oxygens (including phenoxy) is 1. The number of para-hydroxylation sites is 1. The number of aromatic nitrogens is 2. The minimum absolute atomic E-state index is 0.109. The Bertz CT molecular complexity index is 892. The zero-order chi connectivity index (χ0) is 17.9. The summed E-state index contributed by atoms with van der Waals surface area (Å²) in [5.41, 5.74) is 2.23. The highest BCUT2D eigenvalue weighted by atomic mass is 16.6. The molecule has 7 nitrogen and oxygen atoms in total. The van der Waals surface area contributed by atoms with Crippen LogP contribution in [0.4, 0.5) is 10.5 Å². The van der Waals surface area contributed by atoms with Gasteiger partial charge < -0.3 is 19.5 Å². The minimum atomic E-state index is -0.479. The number of anilines is 1. The first kappa shape index (κ1) is 16.1. The van der Waals surface area contributed by atoms with E-state index in [4.69, 9.17) is 4.74 Å². The van der Waals surface area contributed by atoms with Crippen molar-refractivity contribution in [2.75, 3.05) is 18.0 Å². The third kappa shape index (κ3) is 2.58. The second-order valence-electron chi connectivity index (χ2n) is 7.99. The van der Waals surface area contributed by atoms with Crippen LogP contribution in [0.15, 0.2) is 23.0 Å². The van der Waals surface area contributed by atoms with Crippen LogP contribution in [0.3, 0.4) is 0 Å². The van der Waals surface area contributed by atoms with Crippen LogP contribution < -0.4 is 10.6 Å². The summed E-state index contributed by atoms with van der Waals surface area (Å²) in [5, 5.41) is 0. The molecule has 4 rings (SSSR count). The van der Waals surface area contributed by atoms with Crippen molar-refractivity contribution in [1.29, 1.82) is 0 Å². The van der Waals surface area contributed by atoms with E-state index in [1.807, 2.05) is 43.9 Å². The highest BCUT2D eigenvalue weighted by molar-refractivity contribution is 5.89. The third-order valence-corrected chi connectivity index (χ3v) is 5.07. The zero-order valence-corrected chi connectivity index (χ0v) is 15.1. The van der Waals surface area contributed by atoms with Crippen LogP contribution in [0.1, 0.15) is 27.2 Å². The first-order valence-electron chi connectivity index (χ1n) is 8.68. The first-order chi connectivity index (χ1) is 11.7. The number of nitrogens with zero attached hydrogens (tertiary/aromatic N) is 3. The fraction of sp³-hybridized carbons (Fsp3) is 0.556. The van der Waals surface area contributed by atoms with E-state index in [0.717, 1.165) is 29.7 Å². The summed E-state index contributed by atoms with van der Waals surface area (Å²) in [6.07, 6.45) is 0.709. The van der Waals surface area contributed by atoms with Gasteiger partial charge in [0.25, 0.3) is 0 Å². The summed E-state index contributed by atoms with van der Waals surface area (Å²) in [6.45, 7) is 7.09. The molecular weight excluding hydrogens is 320 g/mol. The molecule has 2 unspecified atom stereocenters. The molecule has 0 saturated carbocycles. The number of amides is 1. The lowest BCUT2D eigenvalue weighted by Crippen LogP contribution is -2.50. The number of piperazine rings is 1. The van der Waals surface area contributed by atoms with Crippen molar-refractivity contribution in [2.24, 2.45) is 7.05 Å². The van der Waals surface area contributed by atoms with Crippen molar-refractivity contribution in [1.82, 2.24) is 14.5 Å². The van der Waals surface area contributed by atoms with Crippen LogP contribution in [0.5, 0.6) is 0 Å². The van der Waals surface area contributed by atoms with E-state index in [-0.39, 0.29) is 23.9 Å². The monoisotopic (exact) mass is 344 g/mol. The molecule has 1 aromatic carbocycles. The standard InChI is InChI=1S/C18H24N4O3/c1-18(2,3)25-17(24)22-10-11-8-12(22)9-21(11)14-7-5-6-13-15(14)20(4)16(23)19-13/h5-7,11-12H,8-10H2,1-4H3,(H,19,23). The molecule has 7 heteroatoms. The lowest BCUT2D eigenvalue weighted by Gasteiger charge is -2.36. The maximum Gasteiger partial charge on any atom is 0.410 e. The molecule has 2 saturated heterocycles. The highest BCUT2D eigenvalue weighted by Gasteiger charge is 2.47. The maximum atomic E-state index is 12.4. The fourth-order valence-corrected chi connectivity index (χ4v) is 4.02. The number of rotatable bonds is 1. The van der Waals surface area contributed by atoms with E-state index in [0.29, 0.717) is 6.54 Å². The second kappa shape index (κ2) is 5.28. The van der Waals surface area contributed by atoms with Crippen LogP contribution in [0, 0.1) is 0 Å². The molecule has 0 aliphatic carbocycles. The number of carbonyl (C=O) groups is 1. The van der Waals surface area contributed by atoms with Crippen LogP contribution in [-0.2, 0) is 11.8 Å². The van der Waals surface area contributed by atoms with Gasteiger partial charge in [0.1, 0.15) is 5.60 Å². The fourth-order valence-electron chi connectivity index (χ4n) is 4.02. The predicted molar refractivity (Wildman–Crippen MR) is 96.0 cm³/mol. The number of hydrogen-bond acceptors (Lipinski definition) is 4. The number of carbonyl (C=O) groups excluding carboxylic acids is 1. The molecule has 2 atom stereocenters. The predicted octanol–water partition coefficient (Wildman–Crippen LogP) is 2.06. The largest absolute Gasteiger partial charge is 0.444 e. The number of H-pyrrole nitrogens is 1. The van der Waals surface area contributed by atoms with Crippen molar-refractivity contribution < 1.29 is 9.53 Å². The lowest BCUT2D eigenvalue weighted by molar-refractivity contribution is 0.0215. The third-order valence-electron chi connectivity index (χ3n) is 5.07. The molecule has 2 aromatic rings. The van der Waals surface area contributed by atoms with Gasteiger partial charge in [-0.3, -0.25) is 4.57 Å². The van der Waals surface area contributed by atoms with Crippen molar-refractivity contribution in [3.63, 3.8) is 0 Å². The molecule has 1 aromatic heterocycles. The average molecular weight is 344 g/mol. The van der Waals surface area contributed by atoms with Gasteiger partial charge in [0.05, 0.1) is 22.8 Å². The second-order valence-corrected chi connectivity index (χ2v) is 7.99. The number of likely N-dealkylation sites (tertiary alicyclic amines) is 1. The van der Waals surface area contributed by atoms with Gasteiger partial charge in [0.2, 0.25) is 0 Å². The topological polar surface area (TPSA) is 70.6 Å². The first-order valence-corrected chi connectivity index (χ1v) is 8.68. The Kier molecular flexibility index (Phi) is 3.39. The van der Waals surface area contributed by atoms with Crippen LogP contribution in [-0.4, -0.2) is 51.3 Å². The maximum absolute atomic E-state index is 12.4. The minimum Gasteiger partial charge on any atom is -0.444 e. The van der Waals surface area contributed by atoms with Gasteiger partial charge >= 0.3 is 11.8 Å². The number of aromatic amines is 1. The van der Waals surface area contributed by atoms with E-state index >= 15 is 0 Å². The van der Waals surface area contributed by atoms with Gasteiger partial charge in [-0.1, -0.05) is 6.07 Å². The van der Waals surface area contributed by atoms with Crippen molar-refractivity contribution in [2.45, 2.75) is 44.9 Å². The number of aryl methyl sites for hydroxylation is 1. The average Bonchev–Trinajstić information content (AvgIpc) is 3.19. The van der Waals surface area contributed by atoms with Gasteiger partial charge in [-0.15, -0.1) is 0 Å². The SMILES string of the molecule is Cn1c(=O)[nH]c2cccc(N3CC4CC3CN4C(=O)OC(C)(C)C)c21. The van der Waals surface area contributed by atoms with Gasteiger partial charge in [-0.25, -0.2) is 9.59 Å². The van der Waals surface area contributed by atoms with Gasteiger partial charge in [0, 0.05) is 26.2 Å².